The molecule has 0 saturated heterocycles. The lowest BCUT2D eigenvalue weighted by molar-refractivity contribution is 0.0950. The summed E-state index contributed by atoms with van der Waals surface area (Å²) in [5.41, 5.74) is 5.29. The van der Waals surface area contributed by atoms with E-state index in [0.29, 0.717) is 30.2 Å². The molecule has 158 valence electrons. The summed E-state index contributed by atoms with van der Waals surface area (Å²) >= 11 is 1.52. The van der Waals surface area contributed by atoms with Crippen LogP contribution >= 0.6 is 11.3 Å². The molecule has 7 nitrogen and oxygen atoms in total. The Labute approximate surface area is 184 Å². The number of nitrogens with one attached hydrogen (secondary N) is 1. The van der Waals surface area contributed by atoms with Gasteiger partial charge in [-0.3, -0.25) is 9.48 Å². The molecule has 0 atom stereocenters. The average molecular weight is 435 g/mol. The van der Waals surface area contributed by atoms with Gasteiger partial charge in [0, 0.05) is 29.9 Å². The quantitative estimate of drug-likeness (QED) is 0.432. The van der Waals surface area contributed by atoms with Crippen molar-refractivity contribution >= 4 is 17.2 Å². The SMILES string of the molecule is COc1cc(C(=O)NCc2ccc(Cn3cccn3)cc2)ccc1OCc1cscn1. The van der Waals surface area contributed by atoms with Gasteiger partial charge in [0.25, 0.3) is 5.91 Å². The van der Waals surface area contributed by atoms with Crippen LogP contribution in [0.25, 0.3) is 0 Å². The van der Waals surface area contributed by atoms with Gasteiger partial charge in [-0.15, -0.1) is 11.3 Å². The number of ether oxygens (including phenoxy) is 2. The third-order valence-corrected chi connectivity index (χ3v) is 5.30. The molecule has 0 bridgehead atoms. The maximum atomic E-state index is 12.6. The summed E-state index contributed by atoms with van der Waals surface area (Å²) in [7, 11) is 1.55. The Hall–Kier alpha value is -3.65. The van der Waals surface area contributed by atoms with Crippen molar-refractivity contribution in [3.63, 3.8) is 0 Å². The van der Waals surface area contributed by atoms with Crippen LogP contribution in [0.2, 0.25) is 0 Å². The lowest BCUT2D eigenvalue weighted by Crippen LogP contribution is -2.22. The molecule has 0 aliphatic heterocycles. The first-order valence-electron chi connectivity index (χ1n) is 9.72. The molecule has 1 amide bonds. The zero-order valence-corrected chi connectivity index (χ0v) is 17.8. The Morgan fingerprint density at radius 1 is 1.13 bits per heavy atom. The van der Waals surface area contributed by atoms with Crippen molar-refractivity contribution < 1.29 is 14.3 Å². The van der Waals surface area contributed by atoms with Crippen molar-refractivity contribution in [3.05, 3.63) is 94.2 Å². The number of hydrogen-bond acceptors (Lipinski definition) is 6. The monoisotopic (exact) mass is 434 g/mol. The normalized spacial score (nSPS) is 10.6. The third-order valence-electron chi connectivity index (χ3n) is 4.66. The predicted octanol–water partition coefficient (Wildman–Crippen LogP) is 3.91. The van der Waals surface area contributed by atoms with Gasteiger partial charge in [-0.05, 0) is 35.4 Å². The van der Waals surface area contributed by atoms with Crippen molar-refractivity contribution in [2.24, 2.45) is 0 Å². The van der Waals surface area contributed by atoms with E-state index in [9.17, 15) is 4.79 Å². The first kappa shape index (κ1) is 20.6. The molecular formula is C23H22N4O3S. The number of carbonyl (C=O) groups excluding carboxylic acids is 1. The number of hydrogen-bond donors (Lipinski definition) is 1. The van der Waals surface area contributed by atoms with E-state index in [1.54, 1.807) is 37.0 Å². The van der Waals surface area contributed by atoms with E-state index in [0.717, 1.165) is 23.4 Å². The van der Waals surface area contributed by atoms with Crippen LogP contribution in [-0.4, -0.2) is 27.8 Å². The van der Waals surface area contributed by atoms with E-state index in [-0.39, 0.29) is 5.91 Å². The standard InChI is InChI=1S/C23H22N4O3S/c1-29-22-11-19(7-8-21(22)30-14-20-15-31-16-25-20)23(28)24-12-17-3-5-18(6-4-17)13-27-10-2-9-26-27/h2-11,15-16H,12-14H2,1H3,(H,24,28). The second-order valence-corrected chi connectivity index (χ2v) is 7.56. The highest BCUT2D eigenvalue weighted by atomic mass is 32.1. The highest BCUT2D eigenvalue weighted by Crippen LogP contribution is 2.29. The van der Waals surface area contributed by atoms with Crippen LogP contribution in [0.15, 0.2) is 71.8 Å². The van der Waals surface area contributed by atoms with E-state index in [4.69, 9.17) is 9.47 Å². The lowest BCUT2D eigenvalue weighted by atomic mass is 10.1. The van der Waals surface area contributed by atoms with Crippen molar-refractivity contribution in [2.75, 3.05) is 7.11 Å². The zero-order chi connectivity index (χ0) is 21.5. The number of nitrogens with zero attached hydrogens (tertiary/aromatic N) is 3. The lowest BCUT2D eigenvalue weighted by Gasteiger charge is -2.12. The number of methoxy groups -OCH3 is 1. The number of rotatable bonds is 9. The van der Waals surface area contributed by atoms with Gasteiger partial charge in [0.1, 0.15) is 6.61 Å². The fraction of sp³-hybridized carbons (Fsp3) is 0.174. The van der Waals surface area contributed by atoms with Gasteiger partial charge in [0.15, 0.2) is 11.5 Å². The molecule has 4 aromatic rings. The minimum absolute atomic E-state index is 0.176. The molecule has 31 heavy (non-hydrogen) atoms. The van der Waals surface area contributed by atoms with E-state index < -0.39 is 0 Å². The van der Waals surface area contributed by atoms with Gasteiger partial charge in [0.2, 0.25) is 0 Å². The van der Waals surface area contributed by atoms with Gasteiger partial charge >= 0.3 is 0 Å². The minimum atomic E-state index is -0.176. The summed E-state index contributed by atoms with van der Waals surface area (Å²) in [5, 5.41) is 9.08. The van der Waals surface area contributed by atoms with Crippen LogP contribution in [0.4, 0.5) is 0 Å². The molecular weight excluding hydrogens is 412 g/mol. The minimum Gasteiger partial charge on any atom is -0.493 e. The number of thiazole rings is 1. The maximum absolute atomic E-state index is 12.6. The molecule has 0 fully saturated rings. The Bertz CT molecular complexity index is 1110. The number of carbonyl (C=O) groups is 1. The largest absolute Gasteiger partial charge is 0.493 e. The third kappa shape index (κ3) is 5.49. The van der Waals surface area contributed by atoms with E-state index in [1.165, 1.54) is 11.3 Å². The second-order valence-electron chi connectivity index (χ2n) is 6.84. The van der Waals surface area contributed by atoms with Crippen LogP contribution in [0.3, 0.4) is 0 Å². The molecule has 4 rings (SSSR count). The van der Waals surface area contributed by atoms with Crippen molar-refractivity contribution in [2.45, 2.75) is 19.7 Å². The smallest absolute Gasteiger partial charge is 0.251 e. The molecule has 2 aromatic carbocycles. The molecule has 2 heterocycles. The van der Waals surface area contributed by atoms with Crippen LogP contribution < -0.4 is 14.8 Å². The Balaban J connectivity index is 1.33. The van der Waals surface area contributed by atoms with Crippen LogP contribution in [-0.2, 0) is 19.7 Å². The molecule has 2 aromatic heterocycles. The highest BCUT2D eigenvalue weighted by Gasteiger charge is 2.12. The molecule has 0 unspecified atom stereocenters. The molecule has 8 heteroatoms. The van der Waals surface area contributed by atoms with Gasteiger partial charge in [0.05, 0.1) is 24.9 Å². The van der Waals surface area contributed by atoms with E-state index in [1.807, 2.05) is 46.6 Å². The van der Waals surface area contributed by atoms with Crippen LogP contribution in [0.1, 0.15) is 27.2 Å². The molecule has 0 aliphatic carbocycles. The molecule has 0 radical (unpaired) electrons. The number of aromatic nitrogens is 3. The molecule has 0 spiro atoms. The summed E-state index contributed by atoms with van der Waals surface area (Å²) < 4.78 is 13.0. The van der Waals surface area contributed by atoms with Gasteiger partial charge < -0.3 is 14.8 Å². The number of benzene rings is 2. The second kappa shape index (κ2) is 9.90. The Kier molecular flexibility index (Phi) is 6.59. The molecule has 0 aliphatic rings. The first-order chi connectivity index (χ1) is 15.2. The highest BCUT2D eigenvalue weighted by molar-refractivity contribution is 7.07. The molecule has 1 N–H and O–H groups in total. The topological polar surface area (TPSA) is 78.3 Å². The maximum Gasteiger partial charge on any atom is 0.251 e. The van der Waals surface area contributed by atoms with Crippen LogP contribution in [0.5, 0.6) is 11.5 Å². The summed E-state index contributed by atoms with van der Waals surface area (Å²) in [6, 6.07) is 15.1. The van der Waals surface area contributed by atoms with Crippen molar-refractivity contribution in [3.8, 4) is 11.5 Å². The van der Waals surface area contributed by atoms with E-state index in [2.05, 4.69) is 15.4 Å². The summed E-state index contributed by atoms with van der Waals surface area (Å²) in [6.07, 6.45) is 3.69. The zero-order valence-electron chi connectivity index (χ0n) is 17.0. The Morgan fingerprint density at radius 2 is 1.97 bits per heavy atom. The summed E-state index contributed by atoms with van der Waals surface area (Å²) in [5.74, 6) is 0.899. The fourth-order valence-corrected chi connectivity index (χ4v) is 3.56. The van der Waals surface area contributed by atoms with Crippen molar-refractivity contribution in [1.82, 2.24) is 20.1 Å². The van der Waals surface area contributed by atoms with Gasteiger partial charge in [-0.2, -0.15) is 5.10 Å². The number of amides is 1. The van der Waals surface area contributed by atoms with Crippen LogP contribution in [0, 0.1) is 0 Å². The Morgan fingerprint density at radius 3 is 2.68 bits per heavy atom. The molecule has 0 saturated carbocycles. The average Bonchev–Trinajstić information content (AvgIpc) is 3.51. The van der Waals surface area contributed by atoms with E-state index >= 15 is 0 Å². The van der Waals surface area contributed by atoms with Crippen molar-refractivity contribution in [1.29, 1.82) is 0 Å². The van der Waals surface area contributed by atoms with Gasteiger partial charge in [-0.25, -0.2) is 4.98 Å². The predicted molar refractivity (Wildman–Crippen MR) is 118 cm³/mol. The fourth-order valence-electron chi connectivity index (χ4n) is 3.02. The summed E-state index contributed by atoms with van der Waals surface area (Å²) in [6.45, 7) is 1.50. The summed E-state index contributed by atoms with van der Waals surface area (Å²) in [4.78, 5) is 16.8. The first-order valence-corrected chi connectivity index (χ1v) is 10.7. The van der Waals surface area contributed by atoms with Gasteiger partial charge in [-0.1, -0.05) is 24.3 Å².